The number of hydrogen-bond donors (Lipinski definition) is 2. The molecule has 1 aliphatic rings. The van der Waals surface area contributed by atoms with E-state index in [0.717, 1.165) is 54.9 Å². The molecule has 2 aromatic carbocycles. The minimum absolute atomic E-state index is 0.543. The van der Waals surface area contributed by atoms with Gasteiger partial charge in [0.15, 0.2) is 0 Å². The minimum atomic E-state index is 0.543. The number of benzene rings is 2. The third-order valence-electron chi connectivity index (χ3n) is 4.60. The van der Waals surface area contributed by atoms with Crippen molar-refractivity contribution in [3.8, 4) is 5.75 Å². The zero-order chi connectivity index (χ0) is 19.9. The van der Waals surface area contributed by atoms with Crippen LogP contribution in [-0.2, 0) is 4.74 Å². The molecule has 2 heterocycles. The second-order valence-electron chi connectivity index (χ2n) is 6.59. The van der Waals surface area contributed by atoms with E-state index in [9.17, 15) is 0 Å². The van der Waals surface area contributed by atoms with E-state index >= 15 is 0 Å². The average molecular weight is 391 g/mol. The van der Waals surface area contributed by atoms with Gasteiger partial charge in [-0.15, -0.1) is 0 Å². The van der Waals surface area contributed by atoms with Crippen molar-refractivity contribution in [1.82, 2.24) is 9.97 Å². The van der Waals surface area contributed by atoms with E-state index in [1.54, 1.807) is 6.20 Å². The highest BCUT2D eigenvalue weighted by molar-refractivity contribution is 5.74. The fourth-order valence-corrected chi connectivity index (χ4v) is 3.22. The van der Waals surface area contributed by atoms with Crippen molar-refractivity contribution in [2.45, 2.75) is 6.92 Å². The number of anilines is 5. The van der Waals surface area contributed by atoms with Gasteiger partial charge < -0.3 is 25.0 Å². The molecule has 3 aromatic rings. The molecule has 1 saturated heterocycles. The fraction of sp³-hybridized carbons (Fsp3) is 0.273. The molecule has 4 rings (SSSR count). The predicted octanol–water partition coefficient (Wildman–Crippen LogP) is 4.20. The van der Waals surface area contributed by atoms with Crippen molar-refractivity contribution in [2.75, 3.05) is 48.4 Å². The predicted molar refractivity (Wildman–Crippen MR) is 116 cm³/mol. The number of nitrogens with zero attached hydrogens (tertiary/aromatic N) is 3. The maximum Gasteiger partial charge on any atom is 0.229 e. The summed E-state index contributed by atoms with van der Waals surface area (Å²) in [5, 5.41) is 6.66. The molecule has 1 aromatic heterocycles. The molecular formula is C22H25N5O2. The Morgan fingerprint density at radius 3 is 2.59 bits per heavy atom. The molecule has 0 bridgehead atoms. The lowest BCUT2D eigenvalue weighted by Gasteiger charge is -2.30. The topological polar surface area (TPSA) is 71.5 Å². The van der Waals surface area contributed by atoms with E-state index in [1.807, 2.05) is 55.5 Å². The molecule has 0 spiro atoms. The molecule has 29 heavy (non-hydrogen) atoms. The van der Waals surface area contributed by atoms with E-state index in [0.29, 0.717) is 12.6 Å². The Morgan fingerprint density at radius 1 is 1.00 bits per heavy atom. The standard InChI is InChI=1S/C22H25N5O2/c1-2-29-18-9-7-17(8-10-18)24-21-11-12-23-22(26-21)25-19-5-3-4-6-20(19)27-13-15-28-16-14-27/h3-12H,2,13-16H2,1H3,(H2,23,24,25,26). The van der Waals surface area contributed by atoms with Gasteiger partial charge in [0, 0.05) is 25.0 Å². The molecule has 0 saturated carbocycles. The van der Waals surface area contributed by atoms with Crippen LogP contribution in [0.4, 0.5) is 28.8 Å². The van der Waals surface area contributed by atoms with Crippen LogP contribution < -0.4 is 20.3 Å². The second-order valence-corrected chi connectivity index (χ2v) is 6.59. The fourth-order valence-electron chi connectivity index (χ4n) is 3.22. The Labute approximate surface area is 170 Å². The summed E-state index contributed by atoms with van der Waals surface area (Å²) < 4.78 is 11.0. The Bertz CT molecular complexity index is 926. The highest BCUT2D eigenvalue weighted by atomic mass is 16.5. The molecular weight excluding hydrogens is 366 g/mol. The van der Waals surface area contributed by atoms with Gasteiger partial charge in [0.2, 0.25) is 5.95 Å². The molecule has 1 fully saturated rings. The maximum atomic E-state index is 5.48. The van der Waals surface area contributed by atoms with Crippen LogP contribution in [-0.4, -0.2) is 42.9 Å². The van der Waals surface area contributed by atoms with E-state index in [-0.39, 0.29) is 0 Å². The largest absolute Gasteiger partial charge is 0.494 e. The number of ether oxygens (including phenoxy) is 2. The Kier molecular flexibility index (Phi) is 6.07. The van der Waals surface area contributed by atoms with Crippen LogP contribution in [0, 0.1) is 0 Å². The van der Waals surface area contributed by atoms with Crippen molar-refractivity contribution in [2.24, 2.45) is 0 Å². The van der Waals surface area contributed by atoms with E-state index in [2.05, 4.69) is 31.6 Å². The van der Waals surface area contributed by atoms with Gasteiger partial charge in [-0.2, -0.15) is 4.98 Å². The molecule has 1 aliphatic heterocycles. The summed E-state index contributed by atoms with van der Waals surface area (Å²) >= 11 is 0. The van der Waals surface area contributed by atoms with Crippen molar-refractivity contribution in [3.63, 3.8) is 0 Å². The van der Waals surface area contributed by atoms with Gasteiger partial charge in [0.25, 0.3) is 0 Å². The number of aromatic nitrogens is 2. The monoisotopic (exact) mass is 391 g/mol. The first-order valence-electron chi connectivity index (χ1n) is 9.83. The lowest BCUT2D eigenvalue weighted by Crippen LogP contribution is -2.36. The van der Waals surface area contributed by atoms with E-state index < -0.39 is 0 Å². The van der Waals surface area contributed by atoms with Gasteiger partial charge in [-0.25, -0.2) is 4.98 Å². The third kappa shape index (κ3) is 4.94. The maximum absolute atomic E-state index is 5.48. The van der Waals surface area contributed by atoms with Gasteiger partial charge in [0.1, 0.15) is 11.6 Å². The minimum Gasteiger partial charge on any atom is -0.494 e. The summed E-state index contributed by atoms with van der Waals surface area (Å²) in [5.74, 6) is 2.11. The lowest BCUT2D eigenvalue weighted by atomic mass is 10.2. The number of para-hydroxylation sites is 2. The van der Waals surface area contributed by atoms with Crippen LogP contribution in [0.2, 0.25) is 0 Å². The van der Waals surface area contributed by atoms with Gasteiger partial charge in [0.05, 0.1) is 31.2 Å². The first-order chi connectivity index (χ1) is 14.3. The molecule has 2 N–H and O–H groups in total. The molecule has 150 valence electrons. The number of morpholine rings is 1. The van der Waals surface area contributed by atoms with E-state index in [1.165, 1.54) is 0 Å². The Hall–Kier alpha value is -3.32. The van der Waals surface area contributed by atoms with Crippen molar-refractivity contribution < 1.29 is 9.47 Å². The molecule has 7 heteroatoms. The number of hydrogen-bond acceptors (Lipinski definition) is 7. The van der Waals surface area contributed by atoms with Crippen LogP contribution in [0.3, 0.4) is 0 Å². The average Bonchev–Trinajstić information content (AvgIpc) is 2.77. The zero-order valence-electron chi connectivity index (χ0n) is 16.5. The Balaban J connectivity index is 1.48. The normalized spacial score (nSPS) is 13.8. The summed E-state index contributed by atoms with van der Waals surface area (Å²) in [6.07, 6.45) is 1.74. The second kappa shape index (κ2) is 9.25. The highest BCUT2D eigenvalue weighted by Gasteiger charge is 2.15. The molecule has 0 unspecified atom stereocenters. The first kappa shape index (κ1) is 19.0. The first-order valence-corrected chi connectivity index (χ1v) is 9.83. The van der Waals surface area contributed by atoms with Crippen LogP contribution in [0.5, 0.6) is 5.75 Å². The van der Waals surface area contributed by atoms with E-state index in [4.69, 9.17) is 9.47 Å². The van der Waals surface area contributed by atoms with Crippen LogP contribution in [0.1, 0.15) is 6.92 Å². The highest BCUT2D eigenvalue weighted by Crippen LogP contribution is 2.28. The molecule has 0 amide bonds. The van der Waals surface area contributed by atoms with Crippen LogP contribution >= 0.6 is 0 Å². The van der Waals surface area contributed by atoms with Crippen LogP contribution in [0.15, 0.2) is 60.8 Å². The molecule has 7 nitrogen and oxygen atoms in total. The smallest absolute Gasteiger partial charge is 0.229 e. The summed E-state index contributed by atoms with van der Waals surface area (Å²) in [5.41, 5.74) is 3.05. The van der Waals surface area contributed by atoms with Crippen molar-refractivity contribution >= 4 is 28.8 Å². The summed E-state index contributed by atoms with van der Waals surface area (Å²) in [6, 6.07) is 17.8. The summed E-state index contributed by atoms with van der Waals surface area (Å²) in [6.45, 7) is 5.86. The molecule has 0 aliphatic carbocycles. The lowest BCUT2D eigenvalue weighted by molar-refractivity contribution is 0.123. The van der Waals surface area contributed by atoms with Crippen LogP contribution in [0.25, 0.3) is 0 Å². The number of rotatable bonds is 7. The van der Waals surface area contributed by atoms with Gasteiger partial charge in [-0.05, 0) is 49.4 Å². The molecule has 0 radical (unpaired) electrons. The summed E-state index contributed by atoms with van der Waals surface area (Å²) in [7, 11) is 0. The number of nitrogens with one attached hydrogen (secondary N) is 2. The van der Waals surface area contributed by atoms with Crippen molar-refractivity contribution in [3.05, 3.63) is 60.8 Å². The SMILES string of the molecule is CCOc1ccc(Nc2ccnc(Nc3ccccc3N3CCOCC3)n2)cc1. The zero-order valence-corrected chi connectivity index (χ0v) is 16.5. The Morgan fingerprint density at radius 2 is 1.79 bits per heavy atom. The van der Waals surface area contributed by atoms with Crippen molar-refractivity contribution in [1.29, 1.82) is 0 Å². The van der Waals surface area contributed by atoms with Gasteiger partial charge >= 0.3 is 0 Å². The molecule has 0 atom stereocenters. The van der Waals surface area contributed by atoms with Gasteiger partial charge in [-0.1, -0.05) is 12.1 Å². The summed E-state index contributed by atoms with van der Waals surface area (Å²) in [4.78, 5) is 11.3. The quantitative estimate of drug-likeness (QED) is 0.625. The third-order valence-corrected chi connectivity index (χ3v) is 4.60. The van der Waals surface area contributed by atoms with Gasteiger partial charge in [-0.3, -0.25) is 0 Å².